The molecule has 0 fully saturated rings. The minimum atomic E-state index is 0.610. The average molecular weight is 360 g/mol. The van der Waals surface area contributed by atoms with Crippen LogP contribution in [0.5, 0.6) is 0 Å². The van der Waals surface area contributed by atoms with E-state index in [1.165, 1.54) is 21.9 Å². The first-order valence-corrected chi connectivity index (χ1v) is 9.39. The minimum absolute atomic E-state index is 0.610. The molecule has 0 bridgehead atoms. The molecular formula is C26H20N2. The van der Waals surface area contributed by atoms with Gasteiger partial charge < -0.3 is 11.5 Å². The summed E-state index contributed by atoms with van der Waals surface area (Å²) in [4.78, 5) is 0. The lowest BCUT2D eigenvalue weighted by Crippen LogP contribution is -1.99. The number of hydrogen-bond donors (Lipinski definition) is 2. The lowest BCUT2D eigenvalue weighted by atomic mass is 9.85. The number of hydrogen-bond acceptors (Lipinski definition) is 2. The van der Waals surface area contributed by atoms with Gasteiger partial charge in [0.05, 0.1) is 11.4 Å². The van der Waals surface area contributed by atoms with Gasteiger partial charge in [-0.3, -0.25) is 0 Å². The maximum atomic E-state index is 6.57. The quantitative estimate of drug-likeness (QED) is 0.279. The molecule has 0 aromatic heterocycles. The first-order chi connectivity index (χ1) is 13.8. The molecule has 0 aliphatic rings. The molecule has 5 aromatic carbocycles. The van der Waals surface area contributed by atoms with E-state index < -0.39 is 0 Å². The molecule has 0 saturated carbocycles. The monoisotopic (exact) mass is 360 g/mol. The molecule has 0 amide bonds. The van der Waals surface area contributed by atoms with Crippen LogP contribution >= 0.6 is 0 Å². The molecule has 0 saturated heterocycles. The van der Waals surface area contributed by atoms with Crippen molar-refractivity contribution in [3.05, 3.63) is 97.1 Å². The van der Waals surface area contributed by atoms with E-state index in [2.05, 4.69) is 78.9 Å². The number of anilines is 2. The van der Waals surface area contributed by atoms with E-state index in [9.17, 15) is 0 Å². The molecule has 134 valence electrons. The summed E-state index contributed by atoms with van der Waals surface area (Å²) in [5.74, 6) is 0. The fraction of sp³-hybridized carbons (Fsp3) is 0. The zero-order valence-electron chi connectivity index (χ0n) is 15.4. The lowest BCUT2D eigenvalue weighted by Gasteiger charge is -2.19. The Hall–Kier alpha value is -3.78. The molecule has 2 heteroatoms. The molecule has 5 rings (SSSR count). The van der Waals surface area contributed by atoms with E-state index in [0.717, 1.165) is 21.9 Å². The Bertz CT molecular complexity index is 1310. The van der Waals surface area contributed by atoms with Crippen LogP contribution in [-0.4, -0.2) is 0 Å². The highest BCUT2D eigenvalue weighted by Crippen LogP contribution is 2.46. The van der Waals surface area contributed by atoms with E-state index in [0.29, 0.717) is 11.4 Å². The summed E-state index contributed by atoms with van der Waals surface area (Å²) in [6.07, 6.45) is 0. The van der Waals surface area contributed by atoms with Crippen LogP contribution in [-0.2, 0) is 0 Å². The van der Waals surface area contributed by atoms with Crippen LogP contribution in [0.25, 0.3) is 43.8 Å². The van der Waals surface area contributed by atoms with Gasteiger partial charge in [0.25, 0.3) is 0 Å². The third-order valence-electron chi connectivity index (χ3n) is 5.39. The maximum Gasteiger partial charge on any atom is 0.0634 e. The molecule has 5 aromatic rings. The average Bonchev–Trinajstić information content (AvgIpc) is 2.76. The van der Waals surface area contributed by atoms with Crippen molar-refractivity contribution in [1.29, 1.82) is 0 Å². The molecule has 0 unspecified atom stereocenters. The van der Waals surface area contributed by atoms with Gasteiger partial charge in [0.1, 0.15) is 0 Å². The van der Waals surface area contributed by atoms with Crippen molar-refractivity contribution in [2.45, 2.75) is 0 Å². The fourth-order valence-electron chi connectivity index (χ4n) is 4.13. The Morgan fingerprint density at radius 1 is 0.429 bits per heavy atom. The SMILES string of the molecule is Nc1ccc2c(-c3ccccc3)c3ccccc3c(-c3ccccc3)c2c1N. The van der Waals surface area contributed by atoms with E-state index in [4.69, 9.17) is 11.5 Å². The van der Waals surface area contributed by atoms with Crippen molar-refractivity contribution in [1.82, 2.24) is 0 Å². The molecule has 0 aliphatic carbocycles. The van der Waals surface area contributed by atoms with Crippen molar-refractivity contribution in [2.24, 2.45) is 0 Å². The van der Waals surface area contributed by atoms with Gasteiger partial charge >= 0.3 is 0 Å². The van der Waals surface area contributed by atoms with Gasteiger partial charge in [0.2, 0.25) is 0 Å². The van der Waals surface area contributed by atoms with Crippen LogP contribution in [0.3, 0.4) is 0 Å². The first-order valence-electron chi connectivity index (χ1n) is 9.39. The molecule has 4 N–H and O–H groups in total. The summed E-state index contributed by atoms with van der Waals surface area (Å²) in [6.45, 7) is 0. The fourth-order valence-corrected chi connectivity index (χ4v) is 4.13. The number of rotatable bonds is 2. The van der Waals surface area contributed by atoms with Gasteiger partial charge in [0.15, 0.2) is 0 Å². The molecule has 0 atom stereocenters. The van der Waals surface area contributed by atoms with E-state index in [1.54, 1.807) is 0 Å². The second-order valence-electron chi connectivity index (χ2n) is 7.02. The Labute approximate surface area is 164 Å². The zero-order valence-corrected chi connectivity index (χ0v) is 15.4. The normalized spacial score (nSPS) is 11.1. The standard InChI is InChI=1S/C26H20N2/c27-22-16-15-21-23(17-9-3-1-4-10-17)19-13-7-8-14-20(19)24(25(21)26(22)28)18-11-5-2-6-12-18/h1-16H,27-28H2. The topological polar surface area (TPSA) is 52.0 Å². The largest absolute Gasteiger partial charge is 0.397 e. The summed E-state index contributed by atoms with van der Waals surface area (Å²) < 4.78 is 0. The molecule has 0 heterocycles. The Kier molecular flexibility index (Phi) is 3.77. The predicted molar refractivity (Wildman–Crippen MR) is 121 cm³/mol. The van der Waals surface area contributed by atoms with Gasteiger partial charge in [0, 0.05) is 5.39 Å². The van der Waals surface area contributed by atoms with Crippen molar-refractivity contribution in [2.75, 3.05) is 11.5 Å². The van der Waals surface area contributed by atoms with Crippen LogP contribution in [0.15, 0.2) is 97.1 Å². The molecule has 0 radical (unpaired) electrons. The van der Waals surface area contributed by atoms with Crippen LogP contribution in [0.4, 0.5) is 11.4 Å². The summed E-state index contributed by atoms with van der Waals surface area (Å²) >= 11 is 0. The van der Waals surface area contributed by atoms with Gasteiger partial charge in [-0.1, -0.05) is 91.0 Å². The van der Waals surface area contributed by atoms with Gasteiger partial charge in [-0.2, -0.15) is 0 Å². The maximum absolute atomic E-state index is 6.57. The third-order valence-corrected chi connectivity index (χ3v) is 5.39. The third kappa shape index (κ3) is 2.43. The molecule has 2 nitrogen and oxygen atoms in total. The Morgan fingerprint density at radius 3 is 1.54 bits per heavy atom. The predicted octanol–water partition coefficient (Wildman–Crippen LogP) is 6.49. The highest BCUT2D eigenvalue weighted by molar-refractivity contribution is 6.25. The summed E-state index contributed by atoms with van der Waals surface area (Å²) in [5.41, 5.74) is 18.7. The first kappa shape index (κ1) is 16.4. The second-order valence-corrected chi connectivity index (χ2v) is 7.02. The number of fused-ring (bicyclic) bond motifs is 2. The molecular weight excluding hydrogens is 340 g/mol. The zero-order chi connectivity index (χ0) is 19.1. The highest BCUT2D eigenvalue weighted by atomic mass is 14.7. The molecule has 0 aliphatic heterocycles. The summed E-state index contributed by atoms with van der Waals surface area (Å²) in [7, 11) is 0. The summed E-state index contributed by atoms with van der Waals surface area (Å²) in [5, 5.41) is 4.53. The van der Waals surface area contributed by atoms with Gasteiger partial charge in [-0.15, -0.1) is 0 Å². The van der Waals surface area contributed by atoms with Gasteiger partial charge in [-0.25, -0.2) is 0 Å². The van der Waals surface area contributed by atoms with Crippen molar-refractivity contribution < 1.29 is 0 Å². The Balaban J connectivity index is 2.08. The number of nitrogen functional groups attached to an aromatic ring is 2. The molecule has 0 spiro atoms. The van der Waals surface area contributed by atoms with E-state index in [1.807, 2.05) is 18.2 Å². The van der Waals surface area contributed by atoms with Gasteiger partial charge in [-0.05, 0) is 44.5 Å². The second kappa shape index (κ2) is 6.43. The minimum Gasteiger partial charge on any atom is -0.397 e. The smallest absolute Gasteiger partial charge is 0.0634 e. The Morgan fingerprint density at radius 2 is 0.929 bits per heavy atom. The van der Waals surface area contributed by atoms with Crippen LogP contribution < -0.4 is 11.5 Å². The number of nitrogens with two attached hydrogens (primary N) is 2. The van der Waals surface area contributed by atoms with Crippen LogP contribution in [0.1, 0.15) is 0 Å². The summed E-state index contributed by atoms with van der Waals surface area (Å²) in [6, 6.07) is 33.4. The van der Waals surface area contributed by atoms with Crippen molar-refractivity contribution in [3.8, 4) is 22.3 Å². The highest BCUT2D eigenvalue weighted by Gasteiger charge is 2.18. The van der Waals surface area contributed by atoms with E-state index in [-0.39, 0.29) is 0 Å². The molecule has 28 heavy (non-hydrogen) atoms. The van der Waals surface area contributed by atoms with E-state index >= 15 is 0 Å². The van der Waals surface area contributed by atoms with Crippen molar-refractivity contribution in [3.63, 3.8) is 0 Å². The van der Waals surface area contributed by atoms with Crippen LogP contribution in [0, 0.1) is 0 Å². The van der Waals surface area contributed by atoms with Crippen molar-refractivity contribution >= 4 is 32.9 Å². The lowest BCUT2D eigenvalue weighted by molar-refractivity contribution is 1.64. The number of benzene rings is 5. The van der Waals surface area contributed by atoms with Crippen LogP contribution in [0.2, 0.25) is 0 Å².